The Balaban J connectivity index is 1.58. The number of hydrogen-bond acceptors (Lipinski definition) is 6. The van der Waals surface area contributed by atoms with E-state index in [4.69, 9.17) is 19.3 Å². The first-order valence-electron chi connectivity index (χ1n) is 9.03. The number of cyclic esters (lactones) is 1. The Morgan fingerprint density at radius 2 is 2.04 bits per heavy atom. The zero-order valence-electron chi connectivity index (χ0n) is 15.7. The van der Waals surface area contributed by atoms with Gasteiger partial charge in [0.15, 0.2) is 0 Å². The Bertz CT molecular complexity index is 898. The van der Waals surface area contributed by atoms with Gasteiger partial charge in [-0.25, -0.2) is 9.59 Å². The second kappa shape index (κ2) is 6.44. The van der Waals surface area contributed by atoms with Gasteiger partial charge in [-0.3, -0.25) is 4.68 Å². The van der Waals surface area contributed by atoms with Crippen LogP contribution in [0.3, 0.4) is 0 Å². The number of likely N-dealkylation sites (N-methyl/N-ethyl adjacent to an activating group) is 1. The van der Waals surface area contributed by atoms with Gasteiger partial charge in [-0.05, 0) is 31.7 Å². The third kappa shape index (κ3) is 2.79. The van der Waals surface area contributed by atoms with Crippen LogP contribution in [0.5, 0.6) is 5.75 Å². The lowest BCUT2D eigenvalue weighted by Gasteiger charge is -2.39. The molecule has 0 atom stereocenters. The number of amides is 1. The predicted molar refractivity (Wildman–Crippen MR) is 97.0 cm³/mol. The highest BCUT2D eigenvalue weighted by Crippen LogP contribution is 2.41. The van der Waals surface area contributed by atoms with Gasteiger partial charge in [0.2, 0.25) is 0 Å². The molecule has 0 radical (unpaired) electrons. The van der Waals surface area contributed by atoms with Gasteiger partial charge >= 0.3 is 12.1 Å². The lowest BCUT2D eigenvalue weighted by molar-refractivity contribution is 0.0597. The van der Waals surface area contributed by atoms with E-state index in [1.54, 1.807) is 17.0 Å². The van der Waals surface area contributed by atoms with Crippen LogP contribution in [0, 0.1) is 0 Å². The van der Waals surface area contributed by atoms with E-state index in [-0.39, 0.29) is 17.7 Å². The number of carbonyl (C=O) groups excluding carboxylic acids is 2. The van der Waals surface area contributed by atoms with Crippen molar-refractivity contribution >= 4 is 23.0 Å². The third-order valence-corrected chi connectivity index (χ3v) is 5.96. The monoisotopic (exact) mass is 373 g/mol. The highest BCUT2D eigenvalue weighted by atomic mass is 16.6. The Morgan fingerprint density at radius 1 is 1.30 bits per heavy atom. The zero-order valence-corrected chi connectivity index (χ0v) is 15.7. The molecule has 2 fully saturated rings. The van der Waals surface area contributed by atoms with Gasteiger partial charge in [0.05, 0.1) is 31.3 Å². The van der Waals surface area contributed by atoms with Crippen LogP contribution in [0.4, 0.5) is 4.79 Å². The van der Waals surface area contributed by atoms with Crippen molar-refractivity contribution in [1.29, 1.82) is 0 Å². The summed E-state index contributed by atoms with van der Waals surface area (Å²) in [5.41, 5.74) is 0.982. The Hall–Kier alpha value is -2.77. The van der Waals surface area contributed by atoms with Gasteiger partial charge < -0.3 is 19.1 Å². The number of hydrogen-bond donors (Lipinski definition) is 0. The summed E-state index contributed by atoms with van der Waals surface area (Å²) < 4.78 is 17.3. The molecule has 0 unspecified atom stereocenters. The summed E-state index contributed by atoms with van der Waals surface area (Å²) in [6.45, 7) is 0.468. The van der Waals surface area contributed by atoms with E-state index in [1.165, 1.54) is 14.2 Å². The molecule has 0 N–H and O–H groups in total. The average Bonchev–Trinajstić information content (AvgIpc) is 3.23. The minimum atomic E-state index is -0.435. The van der Waals surface area contributed by atoms with Crippen molar-refractivity contribution in [3.8, 4) is 5.75 Å². The van der Waals surface area contributed by atoms with Crippen molar-refractivity contribution in [3.63, 3.8) is 0 Å². The van der Waals surface area contributed by atoms with E-state index in [2.05, 4.69) is 0 Å². The molecule has 1 saturated carbocycles. The van der Waals surface area contributed by atoms with Crippen LogP contribution in [0.25, 0.3) is 10.9 Å². The molecule has 2 aliphatic rings. The van der Waals surface area contributed by atoms with Crippen LogP contribution in [-0.2, 0) is 9.47 Å². The molecular weight excluding hydrogens is 350 g/mol. The summed E-state index contributed by atoms with van der Waals surface area (Å²) in [4.78, 5) is 25.4. The lowest BCUT2D eigenvalue weighted by atomic mass is 9.79. The topological polar surface area (TPSA) is 82.9 Å². The molecule has 1 aromatic heterocycles. The quantitative estimate of drug-likeness (QED) is 0.770. The maximum atomic E-state index is 12.0. The highest BCUT2D eigenvalue weighted by Gasteiger charge is 2.47. The average molecular weight is 373 g/mol. The first-order valence-corrected chi connectivity index (χ1v) is 9.03. The summed E-state index contributed by atoms with van der Waals surface area (Å²) in [6.07, 6.45) is 5.32. The lowest BCUT2D eigenvalue weighted by Crippen LogP contribution is -2.47. The molecule has 8 heteroatoms. The first kappa shape index (κ1) is 17.6. The molecule has 8 nitrogen and oxygen atoms in total. The molecule has 1 spiro atoms. The van der Waals surface area contributed by atoms with Crippen molar-refractivity contribution in [2.24, 2.45) is 0 Å². The molecule has 1 aliphatic heterocycles. The van der Waals surface area contributed by atoms with Crippen LogP contribution in [0.1, 0.15) is 42.1 Å². The van der Waals surface area contributed by atoms with Crippen molar-refractivity contribution < 1.29 is 23.8 Å². The Labute approximate surface area is 157 Å². The van der Waals surface area contributed by atoms with Crippen molar-refractivity contribution in [3.05, 3.63) is 23.9 Å². The molecular formula is C19H23N3O5. The SMILES string of the molecule is COC(=O)c1cc2cn([C@H]3CC[C@@]4(CC3)COC(=O)N4C)nc2cc1OC. The van der Waals surface area contributed by atoms with Gasteiger partial charge in [0.1, 0.15) is 17.9 Å². The molecule has 2 aromatic rings. The van der Waals surface area contributed by atoms with Crippen molar-refractivity contribution in [1.82, 2.24) is 14.7 Å². The van der Waals surface area contributed by atoms with Crippen LogP contribution in [-0.4, -0.2) is 60.2 Å². The Kier molecular flexibility index (Phi) is 4.20. The number of ether oxygens (including phenoxy) is 3. The number of methoxy groups -OCH3 is 2. The second-order valence-electron chi connectivity index (χ2n) is 7.28. The van der Waals surface area contributed by atoms with E-state index in [1.807, 2.05) is 17.9 Å². The van der Waals surface area contributed by atoms with E-state index in [0.29, 0.717) is 17.9 Å². The standard InChI is InChI=1S/C19H23N3O5/c1-21-18(24)27-11-19(21)6-4-13(5-7-19)22-10-12-8-14(17(23)26-3)16(25-2)9-15(12)20-22/h8-10,13H,4-7,11H2,1-3H3/t13-,19+. The molecule has 1 saturated heterocycles. The fourth-order valence-corrected chi connectivity index (χ4v) is 4.16. The smallest absolute Gasteiger partial charge is 0.410 e. The van der Waals surface area contributed by atoms with E-state index < -0.39 is 5.97 Å². The molecule has 27 heavy (non-hydrogen) atoms. The molecule has 0 bridgehead atoms. The minimum absolute atomic E-state index is 0.179. The molecule has 2 heterocycles. The number of nitrogens with zero attached hydrogens (tertiary/aromatic N) is 3. The number of rotatable bonds is 3. The molecule has 1 aromatic carbocycles. The molecule has 4 rings (SSSR count). The number of aromatic nitrogens is 2. The normalized spacial score (nSPS) is 25.1. The van der Waals surface area contributed by atoms with Crippen LogP contribution >= 0.6 is 0 Å². The molecule has 1 amide bonds. The van der Waals surface area contributed by atoms with E-state index in [9.17, 15) is 9.59 Å². The predicted octanol–water partition coefficient (Wildman–Crippen LogP) is 2.77. The number of carbonyl (C=O) groups is 2. The summed E-state index contributed by atoms with van der Waals surface area (Å²) in [5.74, 6) is 0.0143. The fraction of sp³-hybridized carbons (Fsp3) is 0.526. The van der Waals surface area contributed by atoms with Gasteiger partial charge in [-0.15, -0.1) is 0 Å². The molecule has 1 aliphatic carbocycles. The number of benzene rings is 1. The van der Waals surface area contributed by atoms with Crippen LogP contribution in [0.2, 0.25) is 0 Å². The maximum Gasteiger partial charge on any atom is 0.410 e. The highest BCUT2D eigenvalue weighted by molar-refractivity contribution is 5.97. The maximum absolute atomic E-state index is 12.0. The van der Waals surface area contributed by atoms with Gasteiger partial charge in [0, 0.05) is 24.7 Å². The Morgan fingerprint density at radius 3 is 2.63 bits per heavy atom. The van der Waals surface area contributed by atoms with Crippen LogP contribution in [0.15, 0.2) is 18.3 Å². The van der Waals surface area contributed by atoms with E-state index >= 15 is 0 Å². The van der Waals surface area contributed by atoms with Gasteiger partial charge in [-0.1, -0.05) is 0 Å². The first-order chi connectivity index (χ1) is 13.0. The summed E-state index contributed by atoms with van der Waals surface area (Å²) in [5, 5.41) is 5.56. The fourth-order valence-electron chi connectivity index (χ4n) is 4.16. The van der Waals surface area contributed by atoms with Crippen molar-refractivity contribution in [2.45, 2.75) is 37.3 Å². The summed E-state index contributed by atoms with van der Waals surface area (Å²) >= 11 is 0. The summed E-state index contributed by atoms with van der Waals surface area (Å²) in [6, 6.07) is 3.77. The van der Waals surface area contributed by atoms with Crippen molar-refractivity contribution in [2.75, 3.05) is 27.9 Å². The van der Waals surface area contributed by atoms with Crippen LogP contribution < -0.4 is 4.74 Å². The summed E-state index contributed by atoms with van der Waals surface area (Å²) in [7, 11) is 4.69. The second-order valence-corrected chi connectivity index (χ2v) is 7.28. The van der Waals surface area contributed by atoms with Gasteiger partial charge in [0.25, 0.3) is 0 Å². The molecule has 144 valence electrons. The van der Waals surface area contributed by atoms with E-state index in [0.717, 1.165) is 36.6 Å². The number of esters is 1. The largest absolute Gasteiger partial charge is 0.496 e. The zero-order chi connectivity index (χ0) is 19.2. The minimum Gasteiger partial charge on any atom is -0.496 e. The third-order valence-electron chi connectivity index (χ3n) is 5.96. The van der Waals surface area contributed by atoms with Gasteiger partial charge in [-0.2, -0.15) is 5.10 Å². The number of fused-ring (bicyclic) bond motifs is 1.